The van der Waals surface area contributed by atoms with E-state index in [0.717, 1.165) is 49.3 Å². The number of benzene rings is 1. The second-order valence-electron chi connectivity index (χ2n) is 5.28. The van der Waals surface area contributed by atoms with Crippen molar-refractivity contribution in [2.45, 2.75) is 19.9 Å². The van der Waals surface area contributed by atoms with E-state index in [2.05, 4.69) is 15.1 Å². The van der Waals surface area contributed by atoms with Crippen LogP contribution in [0.2, 0.25) is 0 Å². The molecule has 1 aromatic heterocycles. The number of rotatable bonds is 4. The van der Waals surface area contributed by atoms with Crippen LogP contribution in [0.1, 0.15) is 18.9 Å². The second-order valence-corrected chi connectivity index (χ2v) is 5.28. The van der Waals surface area contributed by atoms with Crippen molar-refractivity contribution in [2.24, 2.45) is 0 Å². The molecule has 22 heavy (non-hydrogen) atoms. The Morgan fingerprint density at radius 1 is 1.36 bits per heavy atom. The summed E-state index contributed by atoms with van der Waals surface area (Å²) in [5.74, 6) is 0.202. The molecule has 0 unspecified atom stereocenters. The van der Waals surface area contributed by atoms with Gasteiger partial charge in [0.1, 0.15) is 0 Å². The maximum absolute atomic E-state index is 11.5. The molecule has 0 aliphatic carbocycles. The maximum atomic E-state index is 11.5. The Bertz CT molecular complexity index is 669. The van der Waals surface area contributed by atoms with Crippen LogP contribution in [0, 0.1) is 0 Å². The molecule has 116 valence electrons. The molecule has 0 radical (unpaired) electrons. The lowest BCUT2D eigenvalue weighted by atomic mass is 10.1. The van der Waals surface area contributed by atoms with Crippen LogP contribution in [0.3, 0.4) is 0 Å². The third-order valence-corrected chi connectivity index (χ3v) is 3.69. The second kappa shape index (κ2) is 6.81. The minimum Gasteiger partial charge on any atom is -0.424 e. The van der Waals surface area contributed by atoms with Gasteiger partial charge in [-0.15, -0.1) is 0 Å². The first kappa shape index (κ1) is 14.9. The number of carbonyl (C=O) groups excluding carboxylic acids is 1. The van der Waals surface area contributed by atoms with Gasteiger partial charge in [0.05, 0.1) is 24.9 Å². The third-order valence-electron chi connectivity index (χ3n) is 3.69. The van der Waals surface area contributed by atoms with Crippen LogP contribution in [0.5, 0.6) is 5.75 Å². The third kappa shape index (κ3) is 3.40. The highest BCUT2D eigenvalue weighted by Crippen LogP contribution is 2.25. The van der Waals surface area contributed by atoms with Gasteiger partial charge in [0.15, 0.2) is 5.75 Å². The fraction of sp³-hybridized carbons (Fsp3) is 0.438. The molecule has 6 heteroatoms. The van der Waals surface area contributed by atoms with Gasteiger partial charge >= 0.3 is 5.97 Å². The van der Waals surface area contributed by atoms with Crippen molar-refractivity contribution < 1.29 is 14.3 Å². The molecular weight excluding hydrogens is 282 g/mol. The predicted molar refractivity (Wildman–Crippen MR) is 81.6 cm³/mol. The molecule has 1 aliphatic heterocycles. The Kier molecular flexibility index (Phi) is 4.60. The summed E-state index contributed by atoms with van der Waals surface area (Å²) in [5, 5.41) is 8.80. The van der Waals surface area contributed by atoms with Crippen molar-refractivity contribution in [3.8, 4) is 5.75 Å². The summed E-state index contributed by atoms with van der Waals surface area (Å²) in [6.07, 6.45) is 1.83. The molecule has 1 fully saturated rings. The summed E-state index contributed by atoms with van der Waals surface area (Å²) in [6, 6.07) is 5.98. The summed E-state index contributed by atoms with van der Waals surface area (Å²) in [7, 11) is 0. The largest absolute Gasteiger partial charge is 0.424 e. The van der Waals surface area contributed by atoms with Gasteiger partial charge in [0, 0.05) is 31.4 Å². The standard InChI is InChI=1S/C16H19N3O3/c1-2-16(20)22-15-10-17-18-14-4-3-12(9-13(14)15)11-19-5-7-21-8-6-19/h3-4,9-10H,2,5-8,11H2,1H3. The minimum atomic E-state index is -0.270. The number of carbonyl (C=O) groups is 1. The number of nitrogens with zero attached hydrogens (tertiary/aromatic N) is 3. The van der Waals surface area contributed by atoms with Crippen LogP contribution in [-0.2, 0) is 16.1 Å². The van der Waals surface area contributed by atoms with Crippen LogP contribution in [0.4, 0.5) is 0 Å². The number of fused-ring (bicyclic) bond motifs is 1. The summed E-state index contributed by atoms with van der Waals surface area (Å²) in [5.41, 5.74) is 1.89. The molecule has 2 aromatic rings. The van der Waals surface area contributed by atoms with Gasteiger partial charge in [-0.1, -0.05) is 13.0 Å². The van der Waals surface area contributed by atoms with Crippen LogP contribution >= 0.6 is 0 Å². The van der Waals surface area contributed by atoms with Gasteiger partial charge in [-0.05, 0) is 17.7 Å². The predicted octanol–water partition coefficient (Wildman–Crippen LogP) is 1.78. The smallest absolute Gasteiger partial charge is 0.310 e. The Balaban J connectivity index is 1.86. The van der Waals surface area contributed by atoms with Crippen LogP contribution in [0.25, 0.3) is 10.9 Å². The molecular formula is C16H19N3O3. The highest BCUT2D eigenvalue weighted by Gasteiger charge is 2.13. The van der Waals surface area contributed by atoms with E-state index in [1.54, 1.807) is 6.92 Å². The highest BCUT2D eigenvalue weighted by molar-refractivity contribution is 5.87. The quantitative estimate of drug-likeness (QED) is 0.802. The minimum absolute atomic E-state index is 0.270. The first-order chi connectivity index (χ1) is 10.8. The van der Waals surface area contributed by atoms with E-state index in [0.29, 0.717) is 12.2 Å². The highest BCUT2D eigenvalue weighted by atomic mass is 16.5. The Morgan fingerprint density at radius 3 is 2.95 bits per heavy atom. The average molecular weight is 301 g/mol. The molecule has 0 N–H and O–H groups in total. The normalized spacial score (nSPS) is 15.9. The van der Waals surface area contributed by atoms with Gasteiger partial charge < -0.3 is 9.47 Å². The van der Waals surface area contributed by atoms with Gasteiger partial charge in [-0.3, -0.25) is 9.69 Å². The van der Waals surface area contributed by atoms with Crippen LogP contribution in [-0.4, -0.2) is 47.4 Å². The van der Waals surface area contributed by atoms with Crippen molar-refractivity contribution >= 4 is 16.9 Å². The van der Waals surface area contributed by atoms with E-state index in [9.17, 15) is 4.79 Å². The number of aromatic nitrogens is 2. The lowest BCUT2D eigenvalue weighted by molar-refractivity contribution is -0.133. The monoisotopic (exact) mass is 301 g/mol. The van der Waals surface area contributed by atoms with Crippen molar-refractivity contribution in [1.29, 1.82) is 0 Å². The summed E-state index contributed by atoms with van der Waals surface area (Å²) < 4.78 is 10.7. The maximum Gasteiger partial charge on any atom is 0.310 e. The van der Waals surface area contributed by atoms with E-state index in [1.807, 2.05) is 18.2 Å². The zero-order valence-corrected chi connectivity index (χ0v) is 12.6. The van der Waals surface area contributed by atoms with Crippen LogP contribution < -0.4 is 4.74 Å². The van der Waals surface area contributed by atoms with Crippen molar-refractivity contribution in [3.05, 3.63) is 30.0 Å². The van der Waals surface area contributed by atoms with Crippen molar-refractivity contribution in [1.82, 2.24) is 15.1 Å². The van der Waals surface area contributed by atoms with Gasteiger partial charge in [0.25, 0.3) is 0 Å². The van der Waals surface area contributed by atoms with Crippen molar-refractivity contribution in [3.63, 3.8) is 0 Å². The number of esters is 1. The Morgan fingerprint density at radius 2 is 2.18 bits per heavy atom. The Hall–Kier alpha value is -2.05. The van der Waals surface area contributed by atoms with E-state index in [-0.39, 0.29) is 5.97 Å². The lowest BCUT2D eigenvalue weighted by Gasteiger charge is -2.26. The Labute approximate surface area is 129 Å². The van der Waals surface area contributed by atoms with E-state index < -0.39 is 0 Å². The zero-order chi connectivity index (χ0) is 15.4. The summed E-state index contributed by atoms with van der Waals surface area (Å²) >= 11 is 0. The van der Waals surface area contributed by atoms with Gasteiger partial charge in [0.2, 0.25) is 0 Å². The molecule has 6 nitrogen and oxygen atoms in total. The van der Waals surface area contributed by atoms with E-state index >= 15 is 0 Å². The number of morpholine rings is 1. The summed E-state index contributed by atoms with van der Waals surface area (Å²) in [4.78, 5) is 13.9. The fourth-order valence-corrected chi connectivity index (χ4v) is 2.47. The molecule has 0 atom stereocenters. The molecule has 2 heterocycles. The number of hydrogen-bond acceptors (Lipinski definition) is 6. The SMILES string of the molecule is CCC(=O)Oc1cnnc2ccc(CN3CCOCC3)cc12. The number of hydrogen-bond donors (Lipinski definition) is 0. The van der Waals surface area contributed by atoms with Gasteiger partial charge in [-0.25, -0.2) is 0 Å². The molecule has 1 aliphatic rings. The average Bonchev–Trinajstić information content (AvgIpc) is 2.56. The first-order valence-electron chi connectivity index (χ1n) is 7.51. The molecule has 0 spiro atoms. The molecule has 1 saturated heterocycles. The molecule has 0 saturated carbocycles. The molecule has 0 amide bonds. The molecule has 3 rings (SSSR count). The topological polar surface area (TPSA) is 64.5 Å². The fourth-order valence-electron chi connectivity index (χ4n) is 2.47. The summed E-state index contributed by atoms with van der Waals surface area (Å²) in [6.45, 7) is 6.04. The molecule has 1 aromatic carbocycles. The zero-order valence-electron chi connectivity index (χ0n) is 12.6. The van der Waals surface area contributed by atoms with E-state index in [1.165, 1.54) is 6.20 Å². The lowest BCUT2D eigenvalue weighted by Crippen LogP contribution is -2.35. The first-order valence-corrected chi connectivity index (χ1v) is 7.51. The van der Waals surface area contributed by atoms with Crippen molar-refractivity contribution in [2.75, 3.05) is 26.3 Å². The number of ether oxygens (including phenoxy) is 2. The van der Waals surface area contributed by atoms with E-state index in [4.69, 9.17) is 9.47 Å². The molecule has 0 bridgehead atoms. The van der Waals surface area contributed by atoms with Gasteiger partial charge in [-0.2, -0.15) is 10.2 Å². The van der Waals surface area contributed by atoms with Crippen LogP contribution in [0.15, 0.2) is 24.4 Å².